The Morgan fingerprint density at radius 1 is 1.42 bits per heavy atom. The van der Waals surface area contributed by atoms with Gasteiger partial charge < -0.3 is 10.0 Å². The van der Waals surface area contributed by atoms with Crippen LogP contribution in [0.2, 0.25) is 0 Å². The van der Waals surface area contributed by atoms with E-state index in [2.05, 4.69) is 6.92 Å². The van der Waals surface area contributed by atoms with Crippen molar-refractivity contribution in [2.45, 2.75) is 19.8 Å². The Morgan fingerprint density at radius 2 is 2.05 bits per heavy atom. The van der Waals surface area contributed by atoms with Gasteiger partial charge in [0.1, 0.15) is 5.69 Å². The molecule has 0 aromatic heterocycles. The number of piperidine rings is 1. The molecule has 1 fully saturated rings. The van der Waals surface area contributed by atoms with Crippen molar-refractivity contribution >= 4 is 17.3 Å². The topological polar surface area (TPSA) is 83.7 Å². The maximum Gasteiger partial charge on any atom is 0.335 e. The molecule has 1 aromatic carbocycles. The molecule has 0 radical (unpaired) electrons. The van der Waals surface area contributed by atoms with Gasteiger partial charge >= 0.3 is 5.97 Å². The van der Waals surface area contributed by atoms with Gasteiger partial charge in [-0.2, -0.15) is 0 Å². The standard InChI is InChI=1S/C13H16N2O4/c1-9-4-6-14(7-5-9)12-8-10(13(16)17)2-3-11(12)15(18)19/h2-3,8-9H,4-7H2,1H3,(H,16,17). The van der Waals surface area contributed by atoms with Crippen LogP contribution in [0.1, 0.15) is 30.1 Å². The quantitative estimate of drug-likeness (QED) is 0.670. The molecule has 1 aliphatic rings. The Balaban J connectivity index is 2.37. The number of rotatable bonds is 3. The van der Waals surface area contributed by atoms with E-state index in [9.17, 15) is 14.9 Å². The monoisotopic (exact) mass is 264 g/mol. The van der Waals surface area contributed by atoms with Gasteiger partial charge in [-0.05, 0) is 30.9 Å². The third-order valence-corrected chi connectivity index (χ3v) is 3.54. The van der Waals surface area contributed by atoms with Crippen LogP contribution in [0.4, 0.5) is 11.4 Å². The number of nitrogens with zero attached hydrogens (tertiary/aromatic N) is 2. The molecule has 0 amide bonds. The van der Waals surface area contributed by atoms with Gasteiger partial charge in [0.2, 0.25) is 0 Å². The molecular formula is C13H16N2O4. The molecular weight excluding hydrogens is 248 g/mol. The van der Waals surface area contributed by atoms with Gasteiger partial charge in [0.15, 0.2) is 0 Å². The van der Waals surface area contributed by atoms with Gasteiger partial charge in [0.05, 0.1) is 10.5 Å². The van der Waals surface area contributed by atoms with E-state index in [1.54, 1.807) is 0 Å². The molecule has 102 valence electrons. The summed E-state index contributed by atoms with van der Waals surface area (Å²) >= 11 is 0. The van der Waals surface area contributed by atoms with Crippen molar-refractivity contribution in [3.63, 3.8) is 0 Å². The van der Waals surface area contributed by atoms with Crippen LogP contribution >= 0.6 is 0 Å². The van der Waals surface area contributed by atoms with Crippen LogP contribution in [0, 0.1) is 16.0 Å². The van der Waals surface area contributed by atoms with E-state index in [1.165, 1.54) is 18.2 Å². The molecule has 0 aliphatic carbocycles. The fourth-order valence-electron chi connectivity index (χ4n) is 2.31. The fourth-order valence-corrected chi connectivity index (χ4v) is 2.31. The highest BCUT2D eigenvalue weighted by molar-refractivity contribution is 5.90. The number of hydrogen-bond acceptors (Lipinski definition) is 4. The summed E-state index contributed by atoms with van der Waals surface area (Å²) in [6.45, 7) is 3.61. The molecule has 0 saturated carbocycles. The highest BCUT2D eigenvalue weighted by atomic mass is 16.6. The van der Waals surface area contributed by atoms with Crippen molar-refractivity contribution in [2.75, 3.05) is 18.0 Å². The fraction of sp³-hybridized carbons (Fsp3) is 0.462. The van der Waals surface area contributed by atoms with Crippen molar-refractivity contribution in [1.29, 1.82) is 0 Å². The van der Waals surface area contributed by atoms with Crippen LogP contribution in [-0.4, -0.2) is 29.1 Å². The summed E-state index contributed by atoms with van der Waals surface area (Å²) in [5.74, 6) is -0.459. The SMILES string of the molecule is CC1CCN(c2cc(C(=O)O)ccc2[N+](=O)[O-])CC1. The third kappa shape index (κ3) is 2.83. The second-order valence-corrected chi connectivity index (χ2v) is 4.94. The van der Waals surface area contributed by atoms with E-state index in [0.717, 1.165) is 25.9 Å². The Morgan fingerprint density at radius 3 is 2.58 bits per heavy atom. The average molecular weight is 264 g/mol. The smallest absolute Gasteiger partial charge is 0.335 e. The van der Waals surface area contributed by atoms with Gasteiger partial charge in [0.25, 0.3) is 5.69 Å². The normalized spacial score (nSPS) is 16.4. The number of benzene rings is 1. The Hall–Kier alpha value is -2.11. The van der Waals surface area contributed by atoms with Crippen molar-refractivity contribution in [3.05, 3.63) is 33.9 Å². The molecule has 19 heavy (non-hydrogen) atoms. The molecule has 0 unspecified atom stereocenters. The first-order valence-corrected chi connectivity index (χ1v) is 6.25. The largest absolute Gasteiger partial charge is 0.478 e. The second kappa shape index (κ2) is 5.26. The van der Waals surface area contributed by atoms with Crippen LogP contribution in [0.25, 0.3) is 0 Å². The molecule has 6 heteroatoms. The number of carbonyl (C=O) groups is 1. The van der Waals surface area contributed by atoms with Crippen molar-refractivity contribution in [1.82, 2.24) is 0 Å². The number of nitro groups is 1. The van der Waals surface area contributed by atoms with E-state index < -0.39 is 10.9 Å². The summed E-state index contributed by atoms with van der Waals surface area (Å²) < 4.78 is 0. The molecule has 1 aliphatic heterocycles. The zero-order chi connectivity index (χ0) is 14.0. The van der Waals surface area contributed by atoms with Crippen LogP contribution < -0.4 is 4.90 Å². The summed E-state index contributed by atoms with van der Waals surface area (Å²) in [5, 5.41) is 20.0. The number of nitro benzene ring substituents is 1. The highest BCUT2D eigenvalue weighted by Crippen LogP contribution is 2.32. The zero-order valence-corrected chi connectivity index (χ0v) is 10.7. The lowest BCUT2D eigenvalue weighted by Crippen LogP contribution is -2.33. The number of hydrogen-bond donors (Lipinski definition) is 1. The van der Waals surface area contributed by atoms with Crippen LogP contribution in [0.5, 0.6) is 0 Å². The van der Waals surface area contributed by atoms with E-state index in [-0.39, 0.29) is 11.3 Å². The van der Waals surface area contributed by atoms with E-state index in [1.807, 2.05) is 4.90 Å². The average Bonchev–Trinajstić information content (AvgIpc) is 2.38. The van der Waals surface area contributed by atoms with Gasteiger partial charge in [-0.1, -0.05) is 6.92 Å². The summed E-state index contributed by atoms with van der Waals surface area (Å²) in [5.41, 5.74) is 0.468. The molecule has 2 rings (SSSR count). The minimum Gasteiger partial charge on any atom is -0.478 e. The number of carboxylic acids is 1. The van der Waals surface area contributed by atoms with Crippen molar-refractivity contribution in [3.8, 4) is 0 Å². The van der Waals surface area contributed by atoms with Gasteiger partial charge in [-0.3, -0.25) is 10.1 Å². The second-order valence-electron chi connectivity index (χ2n) is 4.94. The van der Waals surface area contributed by atoms with Crippen LogP contribution in [-0.2, 0) is 0 Å². The first-order valence-electron chi connectivity index (χ1n) is 6.25. The first-order chi connectivity index (χ1) is 8.99. The van der Waals surface area contributed by atoms with Gasteiger partial charge in [-0.15, -0.1) is 0 Å². The van der Waals surface area contributed by atoms with Crippen LogP contribution in [0.15, 0.2) is 18.2 Å². The van der Waals surface area contributed by atoms with Crippen LogP contribution in [0.3, 0.4) is 0 Å². The number of anilines is 1. The van der Waals surface area contributed by atoms with E-state index in [0.29, 0.717) is 11.6 Å². The van der Waals surface area contributed by atoms with E-state index >= 15 is 0 Å². The maximum absolute atomic E-state index is 11.0. The molecule has 0 spiro atoms. The number of carboxylic acid groups (broad SMARTS) is 1. The molecule has 1 aromatic rings. The minimum absolute atomic E-state index is 0.0282. The minimum atomic E-state index is -1.07. The number of aromatic carboxylic acids is 1. The maximum atomic E-state index is 11.0. The molecule has 1 saturated heterocycles. The molecule has 0 atom stereocenters. The Kier molecular flexibility index (Phi) is 3.69. The lowest BCUT2D eigenvalue weighted by Gasteiger charge is -2.31. The lowest BCUT2D eigenvalue weighted by molar-refractivity contribution is -0.384. The summed E-state index contributed by atoms with van der Waals surface area (Å²) in [6, 6.07) is 3.95. The molecule has 1 N–H and O–H groups in total. The zero-order valence-electron chi connectivity index (χ0n) is 10.7. The summed E-state index contributed by atoms with van der Waals surface area (Å²) in [4.78, 5) is 23.5. The molecule has 0 bridgehead atoms. The molecule has 1 heterocycles. The van der Waals surface area contributed by atoms with Gasteiger partial charge in [-0.25, -0.2) is 4.79 Å². The summed E-state index contributed by atoms with van der Waals surface area (Å²) in [6.07, 6.45) is 1.93. The van der Waals surface area contributed by atoms with Crippen molar-refractivity contribution < 1.29 is 14.8 Å². The van der Waals surface area contributed by atoms with Crippen molar-refractivity contribution in [2.24, 2.45) is 5.92 Å². The lowest BCUT2D eigenvalue weighted by atomic mass is 9.98. The Labute approximate surface area is 110 Å². The highest BCUT2D eigenvalue weighted by Gasteiger charge is 2.24. The third-order valence-electron chi connectivity index (χ3n) is 3.54. The summed E-state index contributed by atoms with van der Waals surface area (Å²) in [7, 11) is 0. The van der Waals surface area contributed by atoms with E-state index in [4.69, 9.17) is 5.11 Å². The predicted molar refractivity (Wildman–Crippen MR) is 70.7 cm³/mol. The van der Waals surface area contributed by atoms with Gasteiger partial charge in [0, 0.05) is 19.2 Å². The predicted octanol–water partition coefficient (Wildman–Crippen LogP) is 2.53. The molecule has 6 nitrogen and oxygen atoms in total. The Bertz CT molecular complexity index is 507. The first kappa shape index (κ1) is 13.3.